The monoisotopic (exact) mass is 352 g/mol. The molecule has 0 bridgehead atoms. The lowest BCUT2D eigenvalue weighted by Gasteiger charge is -2.21. The first-order chi connectivity index (χ1) is 11.9. The van der Waals surface area contributed by atoms with Crippen LogP contribution in [0, 0.1) is 0 Å². The maximum atomic E-state index is 3.60. The molecule has 0 spiro atoms. The van der Waals surface area contributed by atoms with Crippen LogP contribution in [0.3, 0.4) is 0 Å². The van der Waals surface area contributed by atoms with E-state index in [9.17, 15) is 0 Å². The van der Waals surface area contributed by atoms with Gasteiger partial charge in [-0.05, 0) is 35.1 Å². The second-order valence-electron chi connectivity index (χ2n) is 7.46. The molecular weight excluding hydrogens is 324 g/mol. The molecule has 3 rings (SSSR count). The predicted molar refractivity (Wildman–Crippen MR) is 114 cm³/mol. The summed E-state index contributed by atoms with van der Waals surface area (Å²) in [6.07, 6.45) is 4.11. The van der Waals surface area contributed by atoms with Gasteiger partial charge in [0.2, 0.25) is 0 Å². The average molecular weight is 353 g/mol. The third-order valence-corrected chi connectivity index (χ3v) is 5.65. The Labute approximate surface area is 155 Å². The molecule has 1 N–H and O–H groups in total. The molecule has 0 saturated heterocycles. The van der Waals surface area contributed by atoms with E-state index in [1.165, 1.54) is 37.0 Å². The number of rotatable bonds is 5. The Kier molecular flexibility index (Phi) is 5.05. The van der Waals surface area contributed by atoms with Crippen LogP contribution in [0.5, 0.6) is 0 Å². The number of fused-ring (bicyclic) bond motifs is 3. The molecule has 132 valence electrons. The van der Waals surface area contributed by atoms with Crippen LogP contribution in [0.4, 0.5) is 5.69 Å². The van der Waals surface area contributed by atoms with Gasteiger partial charge in [0, 0.05) is 52.4 Å². The van der Waals surface area contributed by atoms with E-state index < -0.39 is 0 Å². The Morgan fingerprint density at radius 1 is 1.00 bits per heavy atom. The minimum atomic E-state index is 0.453. The molecule has 25 heavy (non-hydrogen) atoms. The number of benzene rings is 2. The van der Waals surface area contributed by atoms with E-state index in [4.69, 9.17) is 0 Å². The highest BCUT2D eigenvalue weighted by Crippen LogP contribution is 2.45. The molecule has 2 nitrogen and oxygen atoms in total. The molecule has 0 fully saturated rings. The Hall–Kier alpha value is -2.00. The topological polar surface area (TPSA) is 15.3 Å². The summed E-state index contributed by atoms with van der Waals surface area (Å²) >= 11 is 1.91. The molecule has 0 aliphatic heterocycles. The van der Waals surface area contributed by atoms with E-state index in [0.717, 1.165) is 0 Å². The highest BCUT2D eigenvalue weighted by molar-refractivity contribution is 7.25. The van der Waals surface area contributed by atoms with Crippen molar-refractivity contribution in [2.24, 2.45) is 0 Å². The standard InChI is InChI=1S/C22H28N2S/c1-14(2)17-13-19-21(16-9-7-8-10-18(16)25-19)20(15(3)4)22(17)23-11-12-24(5)6/h7-15,23H,1-6H3/b12-11-. The van der Waals surface area contributed by atoms with Gasteiger partial charge < -0.3 is 10.2 Å². The molecule has 0 aliphatic rings. The summed E-state index contributed by atoms with van der Waals surface area (Å²) in [5, 5.41) is 6.40. The molecule has 3 aromatic rings. The van der Waals surface area contributed by atoms with E-state index in [1.807, 2.05) is 31.6 Å². The van der Waals surface area contributed by atoms with Crippen LogP contribution in [0.2, 0.25) is 0 Å². The first-order valence-electron chi connectivity index (χ1n) is 8.97. The second-order valence-corrected chi connectivity index (χ2v) is 8.54. The first kappa shape index (κ1) is 17.8. The van der Waals surface area contributed by atoms with Gasteiger partial charge in [-0.2, -0.15) is 0 Å². The van der Waals surface area contributed by atoms with Crippen molar-refractivity contribution >= 4 is 37.2 Å². The van der Waals surface area contributed by atoms with E-state index in [1.54, 1.807) is 0 Å². The SMILES string of the molecule is CC(C)c1cc2sc3ccccc3c2c(C(C)C)c1N/C=C\N(C)C. The highest BCUT2D eigenvalue weighted by atomic mass is 32.1. The van der Waals surface area contributed by atoms with Crippen molar-refractivity contribution in [2.45, 2.75) is 39.5 Å². The number of anilines is 1. The normalized spacial score (nSPS) is 12.2. The van der Waals surface area contributed by atoms with Crippen molar-refractivity contribution in [1.82, 2.24) is 4.90 Å². The number of nitrogens with zero attached hydrogens (tertiary/aromatic N) is 1. The minimum Gasteiger partial charge on any atom is -0.382 e. The van der Waals surface area contributed by atoms with Gasteiger partial charge in [-0.25, -0.2) is 0 Å². The number of hydrogen-bond acceptors (Lipinski definition) is 3. The zero-order valence-electron chi connectivity index (χ0n) is 16.1. The summed E-state index contributed by atoms with van der Waals surface area (Å²) in [6, 6.07) is 11.2. The summed E-state index contributed by atoms with van der Waals surface area (Å²) in [4.78, 5) is 2.05. The molecule has 0 atom stereocenters. The van der Waals surface area contributed by atoms with E-state index in [2.05, 4.69) is 74.4 Å². The predicted octanol–water partition coefficient (Wildman–Crippen LogP) is 6.75. The molecule has 3 heteroatoms. The van der Waals surface area contributed by atoms with Gasteiger partial charge in [0.15, 0.2) is 0 Å². The van der Waals surface area contributed by atoms with Crippen LogP contribution >= 0.6 is 11.3 Å². The van der Waals surface area contributed by atoms with E-state index in [0.29, 0.717) is 11.8 Å². The summed E-state index contributed by atoms with van der Waals surface area (Å²) in [5.74, 6) is 0.928. The van der Waals surface area contributed by atoms with Crippen molar-refractivity contribution in [1.29, 1.82) is 0 Å². The molecule has 2 aromatic carbocycles. The van der Waals surface area contributed by atoms with E-state index >= 15 is 0 Å². The van der Waals surface area contributed by atoms with Gasteiger partial charge in [-0.15, -0.1) is 11.3 Å². The Bertz CT molecular complexity index is 917. The van der Waals surface area contributed by atoms with Crippen LogP contribution in [0.15, 0.2) is 42.7 Å². The molecule has 0 aliphatic carbocycles. The third kappa shape index (κ3) is 3.38. The van der Waals surface area contributed by atoms with Crippen molar-refractivity contribution in [3.63, 3.8) is 0 Å². The maximum Gasteiger partial charge on any atom is 0.0457 e. The molecule has 1 heterocycles. The molecule has 1 aromatic heterocycles. The summed E-state index contributed by atoms with van der Waals surface area (Å²) in [7, 11) is 4.08. The zero-order valence-corrected chi connectivity index (χ0v) is 16.9. The van der Waals surface area contributed by atoms with E-state index in [-0.39, 0.29) is 0 Å². The van der Waals surface area contributed by atoms with Gasteiger partial charge in [0.1, 0.15) is 0 Å². The maximum absolute atomic E-state index is 3.60. The van der Waals surface area contributed by atoms with Gasteiger partial charge >= 0.3 is 0 Å². The molecule has 0 radical (unpaired) electrons. The summed E-state index contributed by atoms with van der Waals surface area (Å²) in [5.41, 5.74) is 4.10. The number of thiophene rings is 1. The minimum absolute atomic E-state index is 0.453. The van der Waals surface area contributed by atoms with Gasteiger partial charge in [0.25, 0.3) is 0 Å². The largest absolute Gasteiger partial charge is 0.382 e. The molecule has 0 unspecified atom stereocenters. The smallest absolute Gasteiger partial charge is 0.0457 e. The van der Waals surface area contributed by atoms with Crippen LogP contribution in [-0.4, -0.2) is 19.0 Å². The first-order valence-corrected chi connectivity index (χ1v) is 9.79. The van der Waals surface area contributed by atoms with Gasteiger partial charge in [-0.3, -0.25) is 0 Å². The third-order valence-electron chi connectivity index (χ3n) is 4.54. The average Bonchev–Trinajstić information content (AvgIpc) is 2.91. The number of nitrogens with one attached hydrogen (secondary N) is 1. The highest BCUT2D eigenvalue weighted by Gasteiger charge is 2.20. The van der Waals surface area contributed by atoms with Crippen LogP contribution in [0.1, 0.15) is 50.7 Å². The Balaban J connectivity index is 2.34. The lowest BCUT2D eigenvalue weighted by Crippen LogP contribution is -2.06. The van der Waals surface area contributed by atoms with Gasteiger partial charge in [-0.1, -0.05) is 45.9 Å². The van der Waals surface area contributed by atoms with Gasteiger partial charge in [0.05, 0.1) is 0 Å². The fourth-order valence-electron chi connectivity index (χ4n) is 3.40. The summed E-state index contributed by atoms with van der Waals surface area (Å²) < 4.78 is 2.77. The zero-order chi connectivity index (χ0) is 18.1. The van der Waals surface area contributed by atoms with Crippen LogP contribution in [0.25, 0.3) is 20.2 Å². The van der Waals surface area contributed by atoms with Crippen LogP contribution in [-0.2, 0) is 0 Å². The van der Waals surface area contributed by atoms with Crippen LogP contribution < -0.4 is 5.32 Å². The quantitative estimate of drug-likeness (QED) is 0.546. The molecule has 0 amide bonds. The fourth-order valence-corrected chi connectivity index (χ4v) is 4.57. The Morgan fingerprint density at radius 3 is 2.36 bits per heavy atom. The molecular formula is C22H28N2S. The molecule has 0 saturated carbocycles. The fraction of sp³-hybridized carbons (Fsp3) is 0.364. The summed E-state index contributed by atoms with van der Waals surface area (Å²) in [6.45, 7) is 9.15. The van der Waals surface area contributed by atoms with Crippen molar-refractivity contribution in [2.75, 3.05) is 19.4 Å². The lowest BCUT2D eigenvalue weighted by atomic mass is 9.89. The van der Waals surface area contributed by atoms with Crippen molar-refractivity contribution in [3.05, 3.63) is 53.9 Å². The van der Waals surface area contributed by atoms with Crippen molar-refractivity contribution < 1.29 is 0 Å². The van der Waals surface area contributed by atoms with Crippen molar-refractivity contribution in [3.8, 4) is 0 Å². The number of hydrogen-bond donors (Lipinski definition) is 1. The second kappa shape index (κ2) is 7.09. The Morgan fingerprint density at radius 2 is 1.72 bits per heavy atom. The lowest BCUT2D eigenvalue weighted by molar-refractivity contribution is 0.563.